The van der Waals surface area contributed by atoms with Gasteiger partial charge in [-0.25, -0.2) is 9.37 Å². The largest absolute Gasteiger partial charge is 0.493 e. The maximum atomic E-state index is 13.6. The number of hydrogen-bond acceptors (Lipinski definition) is 6. The third kappa shape index (κ3) is 6.97. The van der Waals surface area contributed by atoms with Gasteiger partial charge in [0.1, 0.15) is 11.6 Å². The van der Waals surface area contributed by atoms with Crippen LogP contribution in [0.5, 0.6) is 17.2 Å². The molecule has 0 bridgehead atoms. The fourth-order valence-electron chi connectivity index (χ4n) is 4.64. The molecule has 0 unspecified atom stereocenters. The molecule has 9 heteroatoms. The van der Waals surface area contributed by atoms with Crippen molar-refractivity contribution in [1.82, 2.24) is 20.2 Å². The number of nitrogens with one attached hydrogen (secondary N) is 2. The van der Waals surface area contributed by atoms with Crippen LogP contribution in [0.1, 0.15) is 17.7 Å². The molecule has 0 saturated carbocycles. The van der Waals surface area contributed by atoms with E-state index in [-0.39, 0.29) is 23.6 Å². The van der Waals surface area contributed by atoms with Crippen LogP contribution in [0.2, 0.25) is 0 Å². The maximum Gasteiger partial charge on any atom is 0.224 e. The second-order valence-electron chi connectivity index (χ2n) is 9.07. The number of ether oxygens (including phenoxy) is 3. The van der Waals surface area contributed by atoms with E-state index in [0.29, 0.717) is 56.3 Å². The molecular weight excluding hydrogens is 463 g/mol. The normalized spacial score (nSPS) is 18.0. The van der Waals surface area contributed by atoms with Gasteiger partial charge in [0.25, 0.3) is 0 Å². The third-order valence-corrected chi connectivity index (χ3v) is 6.37. The van der Waals surface area contributed by atoms with Crippen LogP contribution < -0.4 is 19.5 Å². The number of aromatic nitrogens is 2. The molecule has 1 aromatic heterocycles. The SMILES string of the molecule is COc1ccc(CN2C[C@@H](COc3cccc(F)c3)C[C@@H](C(=O)NCCc3cnc[nH]3)C2)cc1OC. The summed E-state index contributed by atoms with van der Waals surface area (Å²) >= 11 is 0. The third-order valence-electron chi connectivity index (χ3n) is 6.37. The van der Waals surface area contributed by atoms with E-state index in [1.165, 1.54) is 12.1 Å². The van der Waals surface area contributed by atoms with Crippen molar-refractivity contribution in [2.45, 2.75) is 19.4 Å². The molecule has 1 fully saturated rings. The predicted molar refractivity (Wildman–Crippen MR) is 134 cm³/mol. The van der Waals surface area contributed by atoms with Crippen molar-refractivity contribution in [3.63, 3.8) is 0 Å². The molecule has 8 nitrogen and oxygen atoms in total. The lowest BCUT2D eigenvalue weighted by Crippen LogP contribution is -2.47. The summed E-state index contributed by atoms with van der Waals surface area (Å²) in [5.74, 6) is 1.48. The molecule has 2 N–H and O–H groups in total. The van der Waals surface area contributed by atoms with E-state index in [2.05, 4.69) is 20.2 Å². The van der Waals surface area contributed by atoms with Crippen LogP contribution in [-0.4, -0.2) is 61.2 Å². The van der Waals surface area contributed by atoms with Gasteiger partial charge in [-0.05, 0) is 36.2 Å². The highest BCUT2D eigenvalue weighted by molar-refractivity contribution is 5.79. The molecule has 2 heterocycles. The number of benzene rings is 2. The van der Waals surface area contributed by atoms with Crippen molar-refractivity contribution in [2.75, 3.05) is 40.5 Å². The Morgan fingerprint density at radius 2 is 2.03 bits per heavy atom. The van der Waals surface area contributed by atoms with Crippen LogP contribution in [0.3, 0.4) is 0 Å². The van der Waals surface area contributed by atoms with Crippen LogP contribution in [-0.2, 0) is 17.8 Å². The predicted octanol–water partition coefficient (Wildman–Crippen LogP) is 3.44. The minimum atomic E-state index is -0.333. The number of halogens is 1. The van der Waals surface area contributed by atoms with Crippen molar-refractivity contribution < 1.29 is 23.4 Å². The molecule has 1 aliphatic heterocycles. The fourth-order valence-corrected chi connectivity index (χ4v) is 4.64. The van der Waals surface area contributed by atoms with Gasteiger partial charge in [-0.2, -0.15) is 0 Å². The number of carbonyl (C=O) groups is 1. The summed E-state index contributed by atoms with van der Waals surface area (Å²) in [5.41, 5.74) is 2.05. The van der Waals surface area contributed by atoms with Crippen molar-refractivity contribution in [3.8, 4) is 17.2 Å². The number of rotatable bonds is 11. The van der Waals surface area contributed by atoms with E-state index in [9.17, 15) is 9.18 Å². The summed E-state index contributed by atoms with van der Waals surface area (Å²) in [7, 11) is 3.23. The maximum absolute atomic E-state index is 13.6. The monoisotopic (exact) mass is 496 g/mol. The van der Waals surface area contributed by atoms with Crippen LogP contribution in [0.15, 0.2) is 55.0 Å². The molecule has 0 spiro atoms. The lowest BCUT2D eigenvalue weighted by atomic mass is 9.88. The molecule has 4 rings (SSSR count). The van der Waals surface area contributed by atoms with Gasteiger partial charge in [0, 0.05) is 56.5 Å². The van der Waals surface area contributed by atoms with Gasteiger partial charge in [0.15, 0.2) is 11.5 Å². The first kappa shape index (κ1) is 25.5. The average Bonchev–Trinajstić information content (AvgIpc) is 3.41. The Hall–Kier alpha value is -3.59. The van der Waals surface area contributed by atoms with Crippen LogP contribution in [0, 0.1) is 17.7 Å². The van der Waals surface area contributed by atoms with Crippen molar-refractivity contribution >= 4 is 5.91 Å². The summed E-state index contributed by atoms with van der Waals surface area (Å²) in [4.78, 5) is 22.4. The number of imidazole rings is 1. The van der Waals surface area contributed by atoms with Gasteiger partial charge < -0.3 is 24.5 Å². The Kier molecular flexibility index (Phi) is 8.78. The number of carbonyl (C=O) groups excluding carboxylic acids is 1. The zero-order valence-electron chi connectivity index (χ0n) is 20.7. The van der Waals surface area contributed by atoms with E-state index >= 15 is 0 Å². The van der Waals surface area contributed by atoms with Gasteiger partial charge >= 0.3 is 0 Å². The van der Waals surface area contributed by atoms with Gasteiger partial charge in [0.05, 0.1) is 33.1 Å². The van der Waals surface area contributed by atoms with Gasteiger partial charge in [-0.1, -0.05) is 12.1 Å². The van der Waals surface area contributed by atoms with Crippen LogP contribution >= 0.6 is 0 Å². The number of piperidine rings is 1. The highest BCUT2D eigenvalue weighted by Crippen LogP contribution is 2.30. The lowest BCUT2D eigenvalue weighted by molar-refractivity contribution is -0.127. The topological polar surface area (TPSA) is 88.7 Å². The number of amides is 1. The smallest absolute Gasteiger partial charge is 0.224 e. The summed E-state index contributed by atoms with van der Waals surface area (Å²) in [6.45, 7) is 3.01. The molecule has 2 atom stereocenters. The lowest BCUT2D eigenvalue weighted by Gasteiger charge is -2.37. The van der Waals surface area contributed by atoms with E-state index < -0.39 is 0 Å². The highest BCUT2D eigenvalue weighted by Gasteiger charge is 2.32. The zero-order valence-corrected chi connectivity index (χ0v) is 20.7. The number of methoxy groups -OCH3 is 2. The average molecular weight is 497 g/mol. The standard InChI is InChI=1S/C27H33FN4O4/c1-34-25-7-6-19(11-26(25)35-2)14-32-15-20(17-36-24-5-3-4-22(28)12-24)10-21(16-32)27(33)30-9-8-23-13-29-18-31-23/h3-7,11-13,18,20-21H,8-10,14-17H2,1-2H3,(H,29,31)(H,30,33)/t20-,21+/m0/s1. The minimum Gasteiger partial charge on any atom is -0.493 e. The van der Waals surface area contributed by atoms with Crippen molar-refractivity contribution in [3.05, 3.63) is 72.1 Å². The minimum absolute atomic E-state index is 0.0299. The first-order valence-electron chi connectivity index (χ1n) is 12.1. The zero-order chi connectivity index (χ0) is 25.3. The molecule has 36 heavy (non-hydrogen) atoms. The summed E-state index contributed by atoms with van der Waals surface area (Å²) < 4.78 is 30.3. The summed E-state index contributed by atoms with van der Waals surface area (Å²) in [5, 5.41) is 3.07. The Bertz CT molecular complexity index is 1120. The van der Waals surface area contributed by atoms with Crippen molar-refractivity contribution in [1.29, 1.82) is 0 Å². The molecule has 1 saturated heterocycles. The highest BCUT2D eigenvalue weighted by atomic mass is 19.1. The van der Waals surface area contributed by atoms with Crippen LogP contribution in [0.25, 0.3) is 0 Å². The number of nitrogens with zero attached hydrogens (tertiary/aromatic N) is 2. The number of aromatic amines is 1. The van der Waals surface area contributed by atoms with Crippen molar-refractivity contribution in [2.24, 2.45) is 11.8 Å². The molecule has 2 aromatic carbocycles. The summed E-state index contributed by atoms with van der Waals surface area (Å²) in [6, 6.07) is 12.0. The number of likely N-dealkylation sites (tertiary alicyclic amines) is 1. The van der Waals surface area contributed by atoms with Gasteiger partial charge in [-0.3, -0.25) is 9.69 Å². The van der Waals surface area contributed by atoms with Gasteiger partial charge in [-0.15, -0.1) is 0 Å². The Balaban J connectivity index is 1.41. The number of hydrogen-bond donors (Lipinski definition) is 2. The molecule has 1 aliphatic rings. The van der Waals surface area contributed by atoms with E-state index in [1.807, 2.05) is 18.2 Å². The Morgan fingerprint density at radius 3 is 2.78 bits per heavy atom. The molecular formula is C27H33FN4O4. The van der Waals surface area contributed by atoms with Crippen LogP contribution in [0.4, 0.5) is 4.39 Å². The second-order valence-corrected chi connectivity index (χ2v) is 9.07. The Morgan fingerprint density at radius 1 is 1.17 bits per heavy atom. The van der Waals surface area contributed by atoms with E-state index in [4.69, 9.17) is 14.2 Å². The Labute approximate surface area is 210 Å². The molecule has 0 aliphatic carbocycles. The van der Waals surface area contributed by atoms with Gasteiger partial charge in [0.2, 0.25) is 5.91 Å². The molecule has 0 radical (unpaired) electrons. The first-order chi connectivity index (χ1) is 17.5. The second kappa shape index (κ2) is 12.4. The van der Waals surface area contributed by atoms with E-state index in [0.717, 1.165) is 17.8 Å². The molecule has 192 valence electrons. The first-order valence-corrected chi connectivity index (χ1v) is 12.1. The molecule has 1 amide bonds. The quantitative estimate of drug-likeness (QED) is 0.423. The molecule has 3 aromatic rings. The fraction of sp³-hybridized carbons (Fsp3) is 0.407. The summed E-state index contributed by atoms with van der Waals surface area (Å²) in [6.07, 6.45) is 4.79. The number of H-pyrrole nitrogens is 1. The van der Waals surface area contributed by atoms with E-state index in [1.54, 1.807) is 38.9 Å².